The summed E-state index contributed by atoms with van der Waals surface area (Å²) in [5.41, 5.74) is 0. The summed E-state index contributed by atoms with van der Waals surface area (Å²) in [4.78, 5) is 24.5. The third-order valence-electron chi connectivity index (χ3n) is 3.50. The number of halogens is 2. The number of hydrogen-bond acceptors (Lipinski definition) is 5. The van der Waals surface area contributed by atoms with Gasteiger partial charge in [-0.3, -0.25) is 4.79 Å². The van der Waals surface area contributed by atoms with Gasteiger partial charge >= 0.3 is 5.97 Å². The monoisotopic (exact) mass is 407 g/mol. The lowest BCUT2D eigenvalue weighted by Gasteiger charge is -2.36. The molecular weight excluding hydrogens is 397 g/mol. The SMILES string of the molecule is C[C@]1(CCl)C(C(=O)OCI)N2C(=O)C[C@H]2S1(=O)=O. The minimum atomic E-state index is -3.65. The van der Waals surface area contributed by atoms with E-state index in [0.717, 1.165) is 4.90 Å². The molecule has 0 aromatic heterocycles. The van der Waals surface area contributed by atoms with E-state index >= 15 is 0 Å². The Bertz CT molecular complexity index is 509. The molecule has 2 saturated heterocycles. The molecule has 3 atom stereocenters. The Balaban J connectivity index is 2.48. The zero-order valence-electron chi connectivity index (χ0n) is 9.43. The average molecular weight is 408 g/mol. The molecule has 0 bridgehead atoms. The van der Waals surface area contributed by atoms with Crippen LogP contribution in [0, 0.1) is 0 Å². The molecule has 2 rings (SSSR count). The first-order valence-corrected chi connectivity index (χ1v) is 8.75. The Morgan fingerprint density at radius 1 is 1.67 bits per heavy atom. The largest absolute Gasteiger partial charge is 0.453 e. The summed E-state index contributed by atoms with van der Waals surface area (Å²) in [6, 6.07) is -1.14. The fraction of sp³-hybridized carbons (Fsp3) is 0.778. The fourth-order valence-electron chi connectivity index (χ4n) is 2.38. The Morgan fingerprint density at radius 2 is 2.28 bits per heavy atom. The molecule has 0 spiro atoms. The number of carbonyl (C=O) groups excluding carboxylic acids is 2. The summed E-state index contributed by atoms with van der Waals surface area (Å²) in [5.74, 6) is -1.32. The van der Waals surface area contributed by atoms with Gasteiger partial charge in [0.1, 0.15) is 14.7 Å². The van der Waals surface area contributed by atoms with Crippen LogP contribution in [-0.2, 0) is 24.2 Å². The molecule has 0 radical (unpaired) electrons. The third-order valence-corrected chi connectivity index (χ3v) is 7.30. The molecule has 9 heteroatoms. The number of amides is 1. The Hall–Kier alpha value is -0.0900. The van der Waals surface area contributed by atoms with Crippen molar-refractivity contribution < 1.29 is 22.7 Å². The molecule has 0 aromatic carbocycles. The maximum absolute atomic E-state index is 12.3. The molecule has 1 unspecified atom stereocenters. The number of fused-ring (bicyclic) bond motifs is 1. The molecule has 2 fully saturated rings. The van der Waals surface area contributed by atoms with Gasteiger partial charge in [-0.05, 0) is 29.5 Å². The molecule has 6 nitrogen and oxygen atoms in total. The van der Waals surface area contributed by atoms with E-state index in [-0.39, 0.29) is 22.8 Å². The van der Waals surface area contributed by atoms with Crippen molar-refractivity contribution in [1.82, 2.24) is 4.90 Å². The van der Waals surface area contributed by atoms with Crippen LogP contribution in [-0.4, -0.2) is 51.9 Å². The van der Waals surface area contributed by atoms with E-state index in [4.69, 9.17) is 16.3 Å². The van der Waals surface area contributed by atoms with Crippen molar-refractivity contribution in [1.29, 1.82) is 0 Å². The van der Waals surface area contributed by atoms with Crippen LogP contribution < -0.4 is 0 Å². The zero-order valence-corrected chi connectivity index (χ0v) is 13.2. The van der Waals surface area contributed by atoms with Crippen LogP contribution in [0.4, 0.5) is 0 Å². The second-order valence-electron chi connectivity index (χ2n) is 4.43. The number of sulfone groups is 1. The van der Waals surface area contributed by atoms with E-state index in [0.29, 0.717) is 0 Å². The number of esters is 1. The normalized spacial score (nSPS) is 37.1. The predicted molar refractivity (Wildman–Crippen MR) is 72.1 cm³/mol. The van der Waals surface area contributed by atoms with Crippen LogP contribution >= 0.6 is 34.2 Å². The molecule has 2 aliphatic heterocycles. The zero-order chi connectivity index (χ0) is 13.7. The van der Waals surface area contributed by atoms with Gasteiger partial charge in [-0.1, -0.05) is 0 Å². The van der Waals surface area contributed by atoms with Crippen molar-refractivity contribution in [3.05, 3.63) is 0 Å². The van der Waals surface area contributed by atoms with Crippen LogP contribution in [0.25, 0.3) is 0 Å². The number of β-lactam (4-membered cyclic amide) rings is 1. The van der Waals surface area contributed by atoms with Gasteiger partial charge in [0, 0.05) is 5.88 Å². The van der Waals surface area contributed by atoms with Gasteiger partial charge in [0.05, 0.1) is 6.42 Å². The van der Waals surface area contributed by atoms with Gasteiger partial charge in [-0.2, -0.15) is 0 Å². The summed E-state index contributed by atoms with van der Waals surface area (Å²) in [5, 5.41) is -0.930. The molecule has 0 saturated carbocycles. The fourth-order valence-corrected chi connectivity index (χ4v) is 5.48. The Kier molecular flexibility index (Phi) is 3.56. The van der Waals surface area contributed by atoms with Gasteiger partial charge < -0.3 is 9.64 Å². The summed E-state index contributed by atoms with van der Waals surface area (Å²) >= 11 is 7.58. The second-order valence-corrected chi connectivity index (χ2v) is 7.88. The summed E-state index contributed by atoms with van der Waals surface area (Å²) in [6.45, 7) is 1.39. The number of nitrogens with zero attached hydrogens (tertiary/aromatic N) is 1. The lowest BCUT2D eigenvalue weighted by Crippen LogP contribution is -2.58. The van der Waals surface area contributed by atoms with E-state index < -0.39 is 32.0 Å². The quantitative estimate of drug-likeness (QED) is 0.290. The first-order valence-electron chi connectivity index (χ1n) is 5.14. The van der Waals surface area contributed by atoms with Crippen LogP contribution in [0.2, 0.25) is 0 Å². The highest BCUT2D eigenvalue weighted by atomic mass is 127. The van der Waals surface area contributed by atoms with E-state index in [1.165, 1.54) is 6.92 Å². The highest BCUT2D eigenvalue weighted by Gasteiger charge is 2.69. The molecule has 2 aliphatic rings. The molecule has 1 amide bonds. The Labute approximate surface area is 123 Å². The van der Waals surface area contributed by atoms with Crippen molar-refractivity contribution in [3.63, 3.8) is 0 Å². The smallest absolute Gasteiger partial charge is 0.331 e. The molecule has 18 heavy (non-hydrogen) atoms. The predicted octanol–water partition coefficient (Wildman–Crippen LogP) is 0.275. The maximum Gasteiger partial charge on any atom is 0.331 e. The summed E-state index contributed by atoms with van der Waals surface area (Å²) in [6.07, 6.45) is -0.0805. The third kappa shape index (κ3) is 1.61. The summed E-state index contributed by atoms with van der Waals surface area (Å²) < 4.78 is 28.0. The average Bonchev–Trinajstić information content (AvgIpc) is 2.44. The van der Waals surface area contributed by atoms with Crippen molar-refractivity contribution in [2.24, 2.45) is 0 Å². The number of hydrogen-bond donors (Lipinski definition) is 0. The van der Waals surface area contributed by atoms with Crippen LogP contribution in [0.3, 0.4) is 0 Å². The summed E-state index contributed by atoms with van der Waals surface area (Å²) in [7, 11) is -3.65. The van der Waals surface area contributed by atoms with E-state index in [9.17, 15) is 18.0 Å². The maximum atomic E-state index is 12.3. The van der Waals surface area contributed by atoms with Gasteiger partial charge in [0.25, 0.3) is 0 Å². The van der Waals surface area contributed by atoms with Crippen LogP contribution in [0.5, 0.6) is 0 Å². The minimum absolute atomic E-state index is 0.0805. The van der Waals surface area contributed by atoms with Gasteiger partial charge in [0.15, 0.2) is 15.9 Å². The van der Waals surface area contributed by atoms with E-state index in [2.05, 4.69) is 0 Å². The molecule has 102 valence electrons. The first-order chi connectivity index (χ1) is 8.31. The van der Waals surface area contributed by atoms with Crippen molar-refractivity contribution >= 4 is 55.9 Å². The first kappa shape index (κ1) is 14.3. The highest BCUT2D eigenvalue weighted by molar-refractivity contribution is 14.1. The number of rotatable bonds is 3. The lowest BCUT2D eigenvalue weighted by atomic mass is 9.98. The molecule has 2 heterocycles. The van der Waals surface area contributed by atoms with E-state index in [1.54, 1.807) is 0 Å². The van der Waals surface area contributed by atoms with Crippen LogP contribution in [0.15, 0.2) is 0 Å². The number of carbonyl (C=O) groups is 2. The molecule has 0 aromatic rings. The number of ether oxygens (including phenoxy) is 1. The topological polar surface area (TPSA) is 80.8 Å². The Morgan fingerprint density at radius 3 is 2.72 bits per heavy atom. The van der Waals surface area contributed by atoms with Crippen molar-refractivity contribution in [3.8, 4) is 0 Å². The standard InChI is InChI=1S/C9H11ClINO5S/c1-9(3-10)7(8(14)17-4-11)12-5(13)2-6(12)18(9,15)16/h6-7H,2-4H2,1H3/t6-,7?,9+/m1/s1. The highest BCUT2D eigenvalue weighted by Crippen LogP contribution is 2.46. The number of alkyl halides is 2. The second kappa shape index (κ2) is 4.48. The lowest BCUT2D eigenvalue weighted by molar-refractivity contribution is -0.159. The van der Waals surface area contributed by atoms with Crippen LogP contribution in [0.1, 0.15) is 13.3 Å². The van der Waals surface area contributed by atoms with Gasteiger partial charge in [-0.15, -0.1) is 11.6 Å². The van der Waals surface area contributed by atoms with Crippen molar-refractivity contribution in [2.45, 2.75) is 29.5 Å². The van der Waals surface area contributed by atoms with Crippen molar-refractivity contribution in [2.75, 3.05) is 10.5 Å². The molecule has 0 aliphatic carbocycles. The molecule has 0 N–H and O–H groups in total. The van der Waals surface area contributed by atoms with E-state index in [1.807, 2.05) is 22.6 Å². The van der Waals surface area contributed by atoms with Gasteiger partial charge in [0.2, 0.25) is 5.91 Å². The minimum Gasteiger partial charge on any atom is -0.453 e. The molecular formula is C9H11ClINO5S. The van der Waals surface area contributed by atoms with Gasteiger partial charge in [-0.25, -0.2) is 13.2 Å².